The Hall–Kier alpha value is -1.55. The van der Waals surface area contributed by atoms with E-state index in [4.69, 9.17) is 21.5 Å². The van der Waals surface area contributed by atoms with E-state index >= 15 is 0 Å². The van der Waals surface area contributed by atoms with Gasteiger partial charge in [-0.3, -0.25) is 4.79 Å². The van der Waals surface area contributed by atoms with Crippen LogP contribution in [0.4, 0.5) is 0 Å². The summed E-state index contributed by atoms with van der Waals surface area (Å²) in [7, 11) is 0. The van der Waals surface area contributed by atoms with Gasteiger partial charge in [-0.1, -0.05) is 28.9 Å². The standard InChI is InChI=1S/C11H12ClNO3/c1-8(11(14)15)7-16-13-6-9-3-2-4-10(12)5-9/h2-6,8H,7H2,1H3,(H,14,15)/b13-6+/t8-/m1/s1. The molecule has 5 heteroatoms. The molecule has 0 bridgehead atoms. The van der Waals surface area contributed by atoms with Crippen molar-refractivity contribution in [3.63, 3.8) is 0 Å². The van der Waals surface area contributed by atoms with Gasteiger partial charge in [-0.25, -0.2) is 0 Å². The first-order valence-corrected chi connectivity index (χ1v) is 5.11. The van der Waals surface area contributed by atoms with E-state index in [9.17, 15) is 4.79 Å². The minimum atomic E-state index is -0.905. The smallest absolute Gasteiger partial charge is 0.309 e. The van der Waals surface area contributed by atoms with Crippen molar-refractivity contribution in [2.24, 2.45) is 11.1 Å². The second-order valence-electron chi connectivity index (χ2n) is 3.32. The second kappa shape index (κ2) is 6.12. The molecule has 0 unspecified atom stereocenters. The molecule has 0 amide bonds. The average Bonchev–Trinajstić information content (AvgIpc) is 2.24. The molecule has 0 aliphatic heterocycles. The van der Waals surface area contributed by atoms with Crippen LogP contribution in [0.25, 0.3) is 0 Å². The molecule has 0 saturated heterocycles. The fourth-order valence-electron chi connectivity index (χ4n) is 0.911. The van der Waals surface area contributed by atoms with E-state index in [-0.39, 0.29) is 6.61 Å². The van der Waals surface area contributed by atoms with Crippen molar-refractivity contribution in [3.8, 4) is 0 Å². The first-order valence-electron chi connectivity index (χ1n) is 4.73. The van der Waals surface area contributed by atoms with Gasteiger partial charge in [0.2, 0.25) is 0 Å². The zero-order valence-electron chi connectivity index (χ0n) is 8.76. The van der Waals surface area contributed by atoms with Gasteiger partial charge in [-0.2, -0.15) is 0 Å². The molecule has 1 atom stereocenters. The van der Waals surface area contributed by atoms with Crippen molar-refractivity contribution >= 4 is 23.8 Å². The van der Waals surface area contributed by atoms with Gasteiger partial charge in [0, 0.05) is 5.02 Å². The molecule has 0 radical (unpaired) electrons. The number of benzene rings is 1. The Balaban J connectivity index is 2.41. The van der Waals surface area contributed by atoms with Crippen molar-refractivity contribution in [3.05, 3.63) is 34.9 Å². The minimum Gasteiger partial charge on any atom is -0.481 e. The van der Waals surface area contributed by atoms with Crippen LogP contribution < -0.4 is 0 Å². The van der Waals surface area contributed by atoms with Gasteiger partial charge in [-0.15, -0.1) is 0 Å². The predicted molar refractivity (Wildman–Crippen MR) is 61.8 cm³/mol. The van der Waals surface area contributed by atoms with Gasteiger partial charge in [0.25, 0.3) is 0 Å². The Morgan fingerprint density at radius 2 is 2.44 bits per heavy atom. The molecule has 0 spiro atoms. The third kappa shape index (κ3) is 4.31. The Morgan fingerprint density at radius 1 is 1.69 bits per heavy atom. The molecular formula is C11H12ClNO3. The summed E-state index contributed by atoms with van der Waals surface area (Å²) >= 11 is 5.77. The fraction of sp³-hybridized carbons (Fsp3) is 0.273. The normalized spacial score (nSPS) is 12.6. The highest BCUT2D eigenvalue weighted by molar-refractivity contribution is 6.30. The number of halogens is 1. The van der Waals surface area contributed by atoms with Crippen LogP contribution in [0.3, 0.4) is 0 Å². The van der Waals surface area contributed by atoms with Crippen molar-refractivity contribution in [2.75, 3.05) is 6.61 Å². The van der Waals surface area contributed by atoms with Crippen LogP contribution in [0, 0.1) is 5.92 Å². The molecule has 1 aromatic rings. The van der Waals surface area contributed by atoms with E-state index in [2.05, 4.69) is 5.16 Å². The lowest BCUT2D eigenvalue weighted by atomic mass is 10.2. The molecule has 0 aliphatic carbocycles. The average molecular weight is 242 g/mol. The first-order chi connectivity index (χ1) is 7.59. The molecule has 1 N–H and O–H groups in total. The third-order valence-electron chi connectivity index (χ3n) is 1.87. The molecular weight excluding hydrogens is 230 g/mol. The summed E-state index contributed by atoms with van der Waals surface area (Å²) in [5.41, 5.74) is 0.801. The number of carbonyl (C=O) groups is 1. The van der Waals surface area contributed by atoms with Crippen LogP contribution in [0.2, 0.25) is 5.02 Å². The molecule has 1 aromatic carbocycles. The van der Waals surface area contributed by atoms with Gasteiger partial charge in [-0.05, 0) is 24.6 Å². The highest BCUT2D eigenvalue weighted by atomic mass is 35.5. The maximum absolute atomic E-state index is 10.5. The van der Waals surface area contributed by atoms with Crippen molar-refractivity contribution < 1.29 is 14.7 Å². The third-order valence-corrected chi connectivity index (χ3v) is 2.11. The lowest BCUT2D eigenvalue weighted by molar-refractivity contribution is -0.143. The maximum Gasteiger partial charge on any atom is 0.309 e. The van der Waals surface area contributed by atoms with Crippen LogP contribution in [0.1, 0.15) is 12.5 Å². The van der Waals surface area contributed by atoms with Crippen molar-refractivity contribution in [1.29, 1.82) is 0 Å². The monoisotopic (exact) mass is 241 g/mol. The van der Waals surface area contributed by atoms with E-state index in [0.717, 1.165) is 5.56 Å². The SMILES string of the molecule is C[C@H](CO/N=C/c1cccc(Cl)c1)C(=O)O. The van der Waals surface area contributed by atoms with E-state index in [1.165, 1.54) is 6.21 Å². The summed E-state index contributed by atoms with van der Waals surface area (Å²) in [5, 5.41) is 12.9. The van der Waals surface area contributed by atoms with Crippen LogP contribution in [0.5, 0.6) is 0 Å². The Kier molecular flexibility index (Phi) is 4.79. The molecule has 86 valence electrons. The zero-order chi connectivity index (χ0) is 12.0. The molecule has 0 aliphatic rings. The number of nitrogens with zero attached hydrogens (tertiary/aromatic N) is 1. The minimum absolute atomic E-state index is 0.0480. The maximum atomic E-state index is 10.5. The van der Waals surface area contributed by atoms with Gasteiger partial charge in [0.05, 0.1) is 12.1 Å². The summed E-state index contributed by atoms with van der Waals surface area (Å²) in [6.07, 6.45) is 1.49. The molecule has 0 saturated carbocycles. The van der Waals surface area contributed by atoms with Gasteiger partial charge < -0.3 is 9.94 Å². The zero-order valence-corrected chi connectivity index (χ0v) is 9.52. The lowest BCUT2D eigenvalue weighted by Crippen LogP contribution is -2.14. The Labute approximate surface area is 98.5 Å². The van der Waals surface area contributed by atoms with Crippen molar-refractivity contribution in [2.45, 2.75) is 6.92 Å². The molecule has 0 aromatic heterocycles. The summed E-state index contributed by atoms with van der Waals surface area (Å²) in [4.78, 5) is 15.3. The summed E-state index contributed by atoms with van der Waals surface area (Å²) in [6.45, 7) is 1.60. The number of hydrogen-bond donors (Lipinski definition) is 1. The highest BCUT2D eigenvalue weighted by Gasteiger charge is 2.10. The Morgan fingerprint density at radius 3 is 3.06 bits per heavy atom. The second-order valence-corrected chi connectivity index (χ2v) is 3.76. The summed E-state index contributed by atoms with van der Waals surface area (Å²) in [5.74, 6) is -1.48. The van der Waals surface area contributed by atoms with Gasteiger partial charge in [0.1, 0.15) is 6.61 Å². The highest BCUT2D eigenvalue weighted by Crippen LogP contribution is 2.08. The first kappa shape index (κ1) is 12.5. The largest absolute Gasteiger partial charge is 0.481 e. The van der Waals surface area contributed by atoms with E-state index in [0.29, 0.717) is 5.02 Å². The van der Waals surface area contributed by atoms with Crippen LogP contribution in [0.15, 0.2) is 29.4 Å². The van der Waals surface area contributed by atoms with Crippen LogP contribution >= 0.6 is 11.6 Å². The Bertz CT molecular complexity index is 393. The van der Waals surface area contributed by atoms with Gasteiger partial charge >= 0.3 is 5.97 Å². The number of carboxylic acid groups (broad SMARTS) is 1. The molecule has 4 nitrogen and oxygen atoms in total. The van der Waals surface area contributed by atoms with Gasteiger partial charge in [0.15, 0.2) is 0 Å². The number of rotatable bonds is 5. The number of oxime groups is 1. The van der Waals surface area contributed by atoms with Crippen molar-refractivity contribution in [1.82, 2.24) is 0 Å². The molecule has 16 heavy (non-hydrogen) atoms. The van der Waals surface area contributed by atoms with E-state index in [1.807, 2.05) is 6.07 Å². The van der Waals surface area contributed by atoms with E-state index in [1.54, 1.807) is 25.1 Å². The van der Waals surface area contributed by atoms with Crippen LogP contribution in [-0.2, 0) is 9.63 Å². The summed E-state index contributed by atoms with van der Waals surface area (Å²) in [6, 6.07) is 7.10. The fourth-order valence-corrected chi connectivity index (χ4v) is 1.11. The number of hydrogen-bond acceptors (Lipinski definition) is 3. The van der Waals surface area contributed by atoms with E-state index < -0.39 is 11.9 Å². The topological polar surface area (TPSA) is 58.9 Å². The predicted octanol–water partition coefficient (Wildman–Crippen LogP) is 2.41. The molecule has 0 heterocycles. The quantitative estimate of drug-likeness (QED) is 0.636. The number of aliphatic carboxylic acids is 1. The molecule has 1 rings (SSSR count). The molecule has 0 fully saturated rings. The summed E-state index contributed by atoms with van der Waals surface area (Å²) < 4.78 is 0. The van der Waals surface area contributed by atoms with Crippen LogP contribution in [-0.4, -0.2) is 23.9 Å². The lowest BCUT2D eigenvalue weighted by Gasteiger charge is -2.02. The number of carboxylic acids is 1.